The minimum Gasteiger partial charge on any atom is -0.496 e. The standard InChI is InChI=1S/C13H19FN2O.2ClH/c1-10(16-7-5-15-6-8-16)12-4-3-11(14)9-13(12)17-2;;/h3-4,9-10,15H,5-8H2,1-2H3;2*1H/t10-;;/m1../s1. The fraction of sp³-hybridized carbons (Fsp3) is 0.538. The summed E-state index contributed by atoms with van der Waals surface area (Å²) in [5.74, 6) is 0.383. The first kappa shape index (κ1) is 18.4. The Kier molecular flexibility index (Phi) is 8.34. The van der Waals surface area contributed by atoms with Gasteiger partial charge in [-0.15, -0.1) is 24.8 Å². The van der Waals surface area contributed by atoms with Gasteiger partial charge in [0, 0.05) is 43.9 Å². The highest BCUT2D eigenvalue weighted by Crippen LogP contribution is 2.29. The highest BCUT2D eigenvalue weighted by atomic mass is 35.5. The molecule has 1 saturated heterocycles. The number of halogens is 3. The largest absolute Gasteiger partial charge is 0.496 e. The number of rotatable bonds is 3. The summed E-state index contributed by atoms with van der Waals surface area (Å²) in [6, 6.07) is 5.03. The zero-order chi connectivity index (χ0) is 12.3. The second kappa shape index (κ2) is 8.59. The summed E-state index contributed by atoms with van der Waals surface area (Å²) in [6.45, 7) is 6.19. The number of hydrogen-bond donors (Lipinski definition) is 1. The highest BCUT2D eigenvalue weighted by molar-refractivity contribution is 5.85. The maximum Gasteiger partial charge on any atom is 0.126 e. The maximum atomic E-state index is 13.1. The van der Waals surface area contributed by atoms with Crippen LogP contribution in [0.5, 0.6) is 5.75 Å². The van der Waals surface area contributed by atoms with Gasteiger partial charge >= 0.3 is 0 Å². The Morgan fingerprint density at radius 2 is 1.89 bits per heavy atom. The van der Waals surface area contributed by atoms with Gasteiger partial charge < -0.3 is 10.1 Å². The van der Waals surface area contributed by atoms with Crippen LogP contribution in [0.4, 0.5) is 4.39 Å². The molecule has 0 radical (unpaired) electrons. The molecule has 1 atom stereocenters. The van der Waals surface area contributed by atoms with E-state index < -0.39 is 0 Å². The summed E-state index contributed by atoms with van der Waals surface area (Å²) < 4.78 is 18.4. The lowest BCUT2D eigenvalue weighted by Gasteiger charge is -2.33. The van der Waals surface area contributed by atoms with Crippen molar-refractivity contribution in [2.24, 2.45) is 0 Å². The summed E-state index contributed by atoms with van der Waals surface area (Å²) in [5, 5.41) is 3.33. The van der Waals surface area contributed by atoms with Crippen molar-refractivity contribution >= 4 is 24.8 Å². The predicted octanol–water partition coefficient (Wildman–Crippen LogP) is 2.64. The molecule has 0 saturated carbocycles. The number of benzene rings is 1. The molecule has 0 aliphatic carbocycles. The normalized spacial score (nSPS) is 17.0. The molecule has 1 aliphatic heterocycles. The third-order valence-electron chi connectivity index (χ3n) is 3.34. The van der Waals surface area contributed by atoms with Gasteiger partial charge in [0.05, 0.1) is 7.11 Å². The van der Waals surface area contributed by atoms with Crippen LogP contribution in [0, 0.1) is 5.82 Å². The zero-order valence-electron chi connectivity index (χ0n) is 11.2. The molecule has 1 fully saturated rings. The van der Waals surface area contributed by atoms with Crippen LogP contribution in [0.2, 0.25) is 0 Å². The Balaban J connectivity index is 0.00000162. The van der Waals surface area contributed by atoms with Crippen LogP contribution in [-0.4, -0.2) is 38.2 Å². The third-order valence-corrected chi connectivity index (χ3v) is 3.34. The first-order chi connectivity index (χ1) is 8.22. The van der Waals surface area contributed by atoms with Crippen LogP contribution in [-0.2, 0) is 0 Å². The van der Waals surface area contributed by atoms with Crippen molar-refractivity contribution in [1.82, 2.24) is 10.2 Å². The van der Waals surface area contributed by atoms with E-state index >= 15 is 0 Å². The second-order valence-electron chi connectivity index (χ2n) is 4.35. The van der Waals surface area contributed by atoms with E-state index in [1.54, 1.807) is 7.11 Å². The molecule has 1 aromatic rings. The Bertz CT molecular complexity index is 387. The van der Waals surface area contributed by atoms with Gasteiger partial charge in [-0.2, -0.15) is 0 Å². The SMILES string of the molecule is COc1cc(F)ccc1[C@@H](C)N1CCNCC1.Cl.Cl. The molecule has 6 heteroatoms. The molecule has 3 nitrogen and oxygen atoms in total. The van der Waals surface area contributed by atoms with Crippen molar-refractivity contribution in [2.45, 2.75) is 13.0 Å². The van der Waals surface area contributed by atoms with Crippen molar-refractivity contribution in [3.63, 3.8) is 0 Å². The molecule has 2 rings (SSSR count). The Morgan fingerprint density at radius 3 is 2.47 bits per heavy atom. The molecule has 1 N–H and O–H groups in total. The van der Waals surface area contributed by atoms with Crippen LogP contribution in [0.3, 0.4) is 0 Å². The summed E-state index contributed by atoms with van der Waals surface area (Å²) >= 11 is 0. The average molecular weight is 311 g/mol. The van der Waals surface area contributed by atoms with E-state index in [1.807, 2.05) is 6.07 Å². The lowest BCUT2D eigenvalue weighted by molar-refractivity contribution is 0.182. The number of piperazine rings is 1. The van der Waals surface area contributed by atoms with Gasteiger partial charge in [-0.25, -0.2) is 4.39 Å². The average Bonchev–Trinajstić information content (AvgIpc) is 2.39. The van der Waals surface area contributed by atoms with E-state index in [0.717, 1.165) is 31.7 Å². The molecule has 0 bridgehead atoms. The molecule has 1 aromatic carbocycles. The van der Waals surface area contributed by atoms with Crippen molar-refractivity contribution in [3.8, 4) is 5.75 Å². The summed E-state index contributed by atoms with van der Waals surface area (Å²) in [7, 11) is 1.59. The van der Waals surface area contributed by atoms with E-state index in [9.17, 15) is 4.39 Å². The van der Waals surface area contributed by atoms with Crippen LogP contribution >= 0.6 is 24.8 Å². The summed E-state index contributed by atoms with van der Waals surface area (Å²) in [6.07, 6.45) is 0. The third kappa shape index (κ3) is 4.49. The zero-order valence-corrected chi connectivity index (χ0v) is 12.8. The van der Waals surface area contributed by atoms with Crippen LogP contribution in [0.15, 0.2) is 18.2 Å². The lowest BCUT2D eigenvalue weighted by atomic mass is 10.0. The van der Waals surface area contributed by atoms with Crippen molar-refractivity contribution in [1.29, 1.82) is 0 Å². The van der Waals surface area contributed by atoms with Crippen molar-refractivity contribution in [3.05, 3.63) is 29.6 Å². The van der Waals surface area contributed by atoms with Crippen LogP contribution < -0.4 is 10.1 Å². The monoisotopic (exact) mass is 310 g/mol. The lowest BCUT2D eigenvalue weighted by Crippen LogP contribution is -2.44. The fourth-order valence-electron chi connectivity index (χ4n) is 2.30. The Morgan fingerprint density at radius 1 is 1.26 bits per heavy atom. The van der Waals surface area contributed by atoms with E-state index in [-0.39, 0.29) is 36.7 Å². The summed E-state index contributed by atoms with van der Waals surface area (Å²) in [5.41, 5.74) is 1.05. The predicted molar refractivity (Wildman–Crippen MR) is 80.3 cm³/mol. The topological polar surface area (TPSA) is 24.5 Å². The van der Waals surface area contributed by atoms with Gasteiger partial charge in [0.25, 0.3) is 0 Å². The Hall–Kier alpha value is -0.550. The Labute approximate surface area is 126 Å². The second-order valence-corrected chi connectivity index (χ2v) is 4.35. The molecular weight excluding hydrogens is 290 g/mol. The molecule has 1 aliphatic rings. The highest BCUT2D eigenvalue weighted by Gasteiger charge is 2.20. The smallest absolute Gasteiger partial charge is 0.126 e. The van der Waals surface area contributed by atoms with Gasteiger partial charge in [0.2, 0.25) is 0 Å². The van der Waals surface area contributed by atoms with Gasteiger partial charge in [0.1, 0.15) is 11.6 Å². The van der Waals surface area contributed by atoms with E-state index in [1.165, 1.54) is 12.1 Å². The molecular formula is C13H21Cl2FN2O. The van der Waals surface area contributed by atoms with Crippen molar-refractivity contribution < 1.29 is 9.13 Å². The van der Waals surface area contributed by atoms with Crippen LogP contribution in [0.1, 0.15) is 18.5 Å². The molecule has 1 heterocycles. The molecule has 0 spiro atoms. The van der Waals surface area contributed by atoms with E-state index in [2.05, 4.69) is 17.1 Å². The number of ether oxygens (including phenoxy) is 1. The minimum atomic E-state index is -0.252. The number of nitrogens with zero attached hydrogens (tertiary/aromatic N) is 1. The minimum absolute atomic E-state index is 0. The fourth-order valence-corrected chi connectivity index (χ4v) is 2.30. The molecule has 0 amide bonds. The first-order valence-electron chi connectivity index (χ1n) is 6.00. The number of hydrogen-bond acceptors (Lipinski definition) is 3. The summed E-state index contributed by atoms with van der Waals surface area (Å²) in [4.78, 5) is 2.38. The van der Waals surface area contributed by atoms with Gasteiger partial charge in [0.15, 0.2) is 0 Å². The molecule has 0 aromatic heterocycles. The molecule has 110 valence electrons. The van der Waals surface area contributed by atoms with Crippen LogP contribution in [0.25, 0.3) is 0 Å². The van der Waals surface area contributed by atoms with Gasteiger partial charge in [-0.1, -0.05) is 6.07 Å². The van der Waals surface area contributed by atoms with Gasteiger partial charge in [-0.05, 0) is 13.0 Å². The van der Waals surface area contributed by atoms with E-state index in [0.29, 0.717) is 5.75 Å². The van der Waals surface area contributed by atoms with E-state index in [4.69, 9.17) is 4.74 Å². The first-order valence-corrected chi connectivity index (χ1v) is 6.00. The quantitative estimate of drug-likeness (QED) is 0.929. The van der Waals surface area contributed by atoms with Gasteiger partial charge in [-0.3, -0.25) is 4.90 Å². The molecule has 0 unspecified atom stereocenters. The van der Waals surface area contributed by atoms with Crippen molar-refractivity contribution in [2.75, 3.05) is 33.3 Å². The maximum absolute atomic E-state index is 13.1. The molecule has 19 heavy (non-hydrogen) atoms. The number of methoxy groups -OCH3 is 1. The number of nitrogens with one attached hydrogen (secondary N) is 1.